The first kappa shape index (κ1) is 32.8. The first-order chi connectivity index (χ1) is 1.73. The summed E-state index contributed by atoms with van der Waals surface area (Å²) < 4.78 is 2.11. The van der Waals surface area contributed by atoms with E-state index in [9.17, 15) is 0 Å². The molecule has 0 N–H and O–H groups in total. The topological polar surface area (TPSA) is 3.24 Å². The summed E-state index contributed by atoms with van der Waals surface area (Å²) in [5, 5.41) is 0. The number of hydrogen-bond acceptors (Lipinski definition) is 1. The van der Waals surface area contributed by atoms with Gasteiger partial charge in [-0.1, -0.05) is 0 Å². The van der Waals surface area contributed by atoms with Crippen LogP contribution in [0.2, 0.25) is 0 Å². The van der Waals surface area contributed by atoms with Crippen LogP contribution in [0.5, 0.6) is 0 Å². The third kappa shape index (κ3) is 107. The van der Waals surface area contributed by atoms with E-state index in [4.69, 9.17) is 0 Å². The van der Waals surface area contributed by atoms with Gasteiger partial charge in [-0.05, 0) is 0 Å². The van der Waals surface area contributed by atoms with Crippen molar-refractivity contribution in [3.8, 4) is 0 Å². The number of rotatable bonds is 0. The Hall–Kier alpha value is 1.86. The maximum atomic E-state index is 2.11. The monoisotopic (exact) mass is 365 g/mol. The van der Waals surface area contributed by atoms with Crippen LogP contribution in [0.15, 0.2) is 0 Å². The zero-order chi connectivity index (χ0) is 3.58. The molecule has 52 valence electrons. The van der Waals surface area contributed by atoms with E-state index in [1.807, 2.05) is 14.1 Å². The van der Waals surface area contributed by atoms with Crippen molar-refractivity contribution < 1.29 is 71.0 Å². The summed E-state index contributed by atoms with van der Waals surface area (Å²) >= 11 is 1.35. The molecule has 0 rings (SSSR count). The van der Waals surface area contributed by atoms with E-state index in [0.29, 0.717) is 0 Å². The summed E-state index contributed by atoms with van der Waals surface area (Å²) in [6.07, 6.45) is 0. The van der Waals surface area contributed by atoms with Crippen LogP contribution >= 0.6 is 0 Å². The molecule has 6 heteroatoms. The van der Waals surface area contributed by atoms with Crippen molar-refractivity contribution in [2.24, 2.45) is 0 Å². The molecule has 0 saturated heterocycles. The molecule has 0 aliphatic rings. The van der Waals surface area contributed by atoms with Gasteiger partial charge in [0.1, 0.15) is 0 Å². The van der Waals surface area contributed by atoms with Crippen molar-refractivity contribution >= 4 is 0 Å². The molecule has 0 aromatic carbocycles. The summed E-state index contributed by atoms with van der Waals surface area (Å²) in [7, 11) is 4.10. The second kappa shape index (κ2) is 23.2. The van der Waals surface area contributed by atoms with E-state index in [-0.39, 0.29) is 49.6 Å². The molecule has 0 radical (unpaired) electrons. The van der Waals surface area contributed by atoms with E-state index < -0.39 is 0 Å². The molecule has 8 heavy (non-hydrogen) atoms. The molecule has 0 heterocycles. The predicted octanol–water partition coefficient (Wildman–Crippen LogP) is -12.0. The zero-order valence-corrected chi connectivity index (χ0v) is 10.6. The largest absolute Gasteiger partial charge is 1.00 e. The van der Waals surface area contributed by atoms with Crippen LogP contribution in [-0.2, 0) is 21.3 Å². The van der Waals surface area contributed by atoms with Crippen molar-refractivity contribution in [1.82, 2.24) is 3.30 Å². The Morgan fingerprint density at radius 3 is 0.875 bits per heavy atom. The Balaban J connectivity index is -0.00000000750. The summed E-state index contributed by atoms with van der Waals surface area (Å²) in [6.45, 7) is 0. The average molecular weight is 367 g/mol. The maximum Gasteiger partial charge on any atom is -1.00 e. The third-order valence-corrected chi connectivity index (χ3v) is 0. The van der Waals surface area contributed by atoms with Gasteiger partial charge in [0.05, 0.1) is 0 Å². The van der Waals surface area contributed by atoms with Crippen molar-refractivity contribution in [1.29, 1.82) is 0 Å². The van der Waals surface area contributed by atoms with E-state index in [0.717, 1.165) is 0 Å². The number of hydrogen-bond donors (Lipinski definition) is 0. The molecule has 0 bridgehead atoms. The molecule has 0 aliphatic heterocycles. The van der Waals surface area contributed by atoms with Crippen LogP contribution in [0.4, 0.5) is 0 Å². The molecule has 1 nitrogen and oxygen atoms in total. The smallest absolute Gasteiger partial charge is 1.00 e. The van der Waals surface area contributed by atoms with E-state index in [1.165, 1.54) is 21.3 Å². The Kier molecular flexibility index (Phi) is 94.9. The van der Waals surface area contributed by atoms with Gasteiger partial charge in [-0.15, -0.1) is 0 Å². The Bertz CT molecular complexity index is 18.8. The van der Waals surface area contributed by atoms with Gasteiger partial charge in [0.15, 0.2) is 0 Å². The fourth-order valence-corrected chi connectivity index (χ4v) is 0. The standard InChI is InChI=1S/C2H6N.4ClH.Ta/c1-3-2;;;;;/h1-2H3;4*1H;/q-1;;;;;+5/p-4. The van der Waals surface area contributed by atoms with E-state index in [2.05, 4.69) is 3.30 Å². The van der Waals surface area contributed by atoms with Crippen LogP contribution in [0.1, 0.15) is 0 Å². The van der Waals surface area contributed by atoms with Crippen molar-refractivity contribution in [3.63, 3.8) is 0 Å². The normalized spacial score (nSPS) is 4.62. The molecular weight excluding hydrogens is 361 g/mol. The van der Waals surface area contributed by atoms with Gasteiger partial charge in [0.2, 0.25) is 0 Å². The minimum atomic E-state index is 0. The van der Waals surface area contributed by atoms with Gasteiger partial charge in [0.25, 0.3) is 0 Å². The second-order valence-corrected chi connectivity index (χ2v) is 3.72. The Morgan fingerprint density at radius 2 is 0.875 bits per heavy atom. The molecule has 0 amide bonds. The van der Waals surface area contributed by atoms with Gasteiger partial charge in [0, 0.05) is 0 Å². The molecule has 0 saturated carbocycles. The fraction of sp³-hybridized carbons (Fsp3) is 1.00. The van der Waals surface area contributed by atoms with E-state index in [1.54, 1.807) is 0 Å². The summed E-state index contributed by atoms with van der Waals surface area (Å²) in [5.74, 6) is 0. The van der Waals surface area contributed by atoms with Gasteiger partial charge >= 0.3 is 38.7 Å². The Morgan fingerprint density at radius 1 is 0.875 bits per heavy atom. The van der Waals surface area contributed by atoms with Crippen LogP contribution in [-0.4, -0.2) is 17.4 Å². The van der Waals surface area contributed by atoms with Crippen molar-refractivity contribution in [2.75, 3.05) is 14.1 Å². The van der Waals surface area contributed by atoms with Crippen LogP contribution in [0.3, 0.4) is 0 Å². The van der Waals surface area contributed by atoms with Crippen LogP contribution < -0.4 is 49.6 Å². The minimum Gasteiger partial charge on any atom is -1.00 e. The Labute approximate surface area is 87.8 Å². The first-order valence-electron chi connectivity index (χ1n) is 1.09. The molecule has 0 atom stereocenters. The average Bonchev–Trinajstić information content (AvgIpc) is 0.811. The van der Waals surface area contributed by atoms with Gasteiger partial charge in [-0.2, -0.15) is 0 Å². The third-order valence-electron chi connectivity index (χ3n) is 0. The number of halogens is 4. The quantitative estimate of drug-likeness (QED) is 0.412. The van der Waals surface area contributed by atoms with E-state index >= 15 is 0 Å². The molecule has 0 aromatic rings. The summed E-state index contributed by atoms with van der Waals surface area (Å²) in [6, 6.07) is 0. The number of nitrogens with zero attached hydrogens (tertiary/aromatic N) is 1. The second-order valence-electron chi connectivity index (χ2n) is 0.847. The SMILES string of the molecule is C[N](C)[Ta+4].[Cl-].[Cl-].[Cl-].[Cl-]. The molecule has 0 fully saturated rings. The summed E-state index contributed by atoms with van der Waals surface area (Å²) in [5.41, 5.74) is 0. The van der Waals surface area contributed by atoms with Crippen LogP contribution in [0, 0.1) is 0 Å². The van der Waals surface area contributed by atoms with Gasteiger partial charge in [-0.25, -0.2) is 0 Å². The maximum absolute atomic E-state index is 2.11. The van der Waals surface area contributed by atoms with Gasteiger partial charge in [-0.3, -0.25) is 0 Å². The zero-order valence-electron chi connectivity index (χ0n) is 4.41. The van der Waals surface area contributed by atoms with Crippen molar-refractivity contribution in [3.05, 3.63) is 0 Å². The molecule has 0 aliphatic carbocycles. The fourth-order valence-electron chi connectivity index (χ4n) is 0. The summed E-state index contributed by atoms with van der Waals surface area (Å²) in [4.78, 5) is 0. The van der Waals surface area contributed by atoms with Crippen molar-refractivity contribution in [2.45, 2.75) is 0 Å². The molecule has 0 aromatic heterocycles. The molecular formula is C2H6Cl4NTa. The predicted molar refractivity (Wildman–Crippen MR) is 13.7 cm³/mol. The van der Waals surface area contributed by atoms with Crippen LogP contribution in [0.25, 0.3) is 0 Å². The molecule has 0 spiro atoms. The molecule has 0 unspecified atom stereocenters. The van der Waals surface area contributed by atoms with Gasteiger partial charge < -0.3 is 49.6 Å². The first-order valence-corrected chi connectivity index (χ1v) is 2.53. The minimum absolute atomic E-state index is 0.